The SMILES string of the molecule is COC[C@H](NS)C(=O)N[C@H](C(=O)NC(CC(C)C)C(=O)[C@@]1(C)CO1)C1CC1. The highest BCUT2D eigenvalue weighted by molar-refractivity contribution is 7.78. The van der Waals surface area contributed by atoms with Crippen molar-refractivity contribution < 1.29 is 23.9 Å². The van der Waals surface area contributed by atoms with Crippen LogP contribution in [0.2, 0.25) is 0 Å². The molecule has 2 fully saturated rings. The highest BCUT2D eigenvalue weighted by Gasteiger charge is 2.50. The Morgan fingerprint density at radius 3 is 2.26 bits per heavy atom. The summed E-state index contributed by atoms with van der Waals surface area (Å²) in [5.41, 5.74) is -0.801. The Morgan fingerprint density at radius 2 is 1.81 bits per heavy atom. The zero-order valence-electron chi connectivity index (χ0n) is 16.4. The Kier molecular flexibility index (Phi) is 7.67. The molecule has 0 spiro atoms. The summed E-state index contributed by atoms with van der Waals surface area (Å²) >= 11 is 3.94. The number of thiol groups is 1. The van der Waals surface area contributed by atoms with Crippen LogP contribution in [-0.4, -0.2) is 61.6 Å². The molecule has 3 N–H and O–H groups in total. The molecule has 0 aromatic rings. The largest absolute Gasteiger partial charge is 0.382 e. The van der Waals surface area contributed by atoms with Gasteiger partial charge >= 0.3 is 0 Å². The summed E-state index contributed by atoms with van der Waals surface area (Å²) in [6, 6.07) is -1.96. The number of ketones is 1. The molecule has 1 aliphatic heterocycles. The fraction of sp³-hybridized carbons (Fsp3) is 0.833. The third-order valence-electron chi connectivity index (χ3n) is 4.92. The normalized spacial score (nSPS) is 24.8. The van der Waals surface area contributed by atoms with Crippen LogP contribution in [0.4, 0.5) is 0 Å². The van der Waals surface area contributed by atoms with Gasteiger partial charge in [0.1, 0.15) is 17.7 Å². The van der Waals surface area contributed by atoms with Crippen molar-refractivity contribution in [3.05, 3.63) is 0 Å². The van der Waals surface area contributed by atoms with Gasteiger partial charge in [-0.15, -0.1) is 0 Å². The van der Waals surface area contributed by atoms with E-state index in [2.05, 4.69) is 28.2 Å². The van der Waals surface area contributed by atoms with Gasteiger partial charge in [0.2, 0.25) is 11.8 Å². The maximum atomic E-state index is 12.9. The lowest BCUT2D eigenvalue weighted by Gasteiger charge is -2.26. The molecule has 154 valence electrons. The number of carbonyl (C=O) groups is 3. The zero-order valence-corrected chi connectivity index (χ0v) is 17.3. The molecule has 1 saturated carbocycles. The van der Waals surface area contributed by atoms with E-state index in [1.807, 2.05) is 13.8 Å². The maximum absolute atomic E-state index is 12.9. The van der Waals surface area contributed by atoms with Crippen molar-refractivity contribution >= 4 is 30.4 Å². The van der Waals surface area contributed by atoms with Crippen LogP contribution in [0.5, 0.6) is 0 Å². The third kappa shape index (κ3) is 6.17. The van der Waals surface area contributed by atoms with E-state index in [9.17, 15) is 14.4 Å². The van der Waals surface area contributed by atoms with Crippen molar-refractivity contribution in [3.8, 4) is 0 Å². The highest BCUT2D eigenvalue weighted by Crippen LogP contribution is 2.33. The van der Waals surface area contributed by atoms with Crippen molar-refractivity contribution in [3.63, 3.8) is 0 Å². The smallest absolute Gasteiger partial charge is 0.243 e. The van der Waals surface area contributed by atoms with E-state index in [0.717, 1.165) is 12.8 Å². The molecule has 0 radical (unpaired) electrons. The topological polar surface area (TPSA) is 109 Å². The lowest BCUT2D eigenvalue weighted by Crippen LogP contribution is -2.57. The van der Waals surface area contributed by atoms with Crippen LogP contribution in [-0.2, 0) is 23.9 Å². The molecule has 8 nitrogen and oxygen atoms in total. The van der Waals surface area contributed by atoms with Crippen LogP contribution in [0.15, 0.2) is 0 Å². The Hall–Kier alpha value is -1.16. The number of nitrogens with one attached hydrogen (secondary N) is 3. The third-order valence-corrected chi connectivity index (χ3v) is 5.23. The van der Waals surface area contributed by atoms with E-state index >= 15 is 0 Å². The van der Waals surface area contributed by atoms with E-state index in [1.54, 1.807) is 6.92 Å². The fourth-order valence-electron chi connectivity index (χ4n) is 3.00. The van der Waals surface area contributed by atoms with E-state index in [-0.39, 0.29) is 36.0 Å². The van der Waals surface area contributed by atoms with Crippen molar-refractivity contribution in [1.82, 2.24) is 15.4 Å². The first kappa shape index (κ1) is 22.1. The average Bonchev–Trinajstić information content (AvgIpc) is 3.52. The molecule has 2 aliphatic rings. The minimum Gasteiger partial charge on any atom is -0.382 e. The molecular weight excluding hydrogens is 370 g/mol. The van der Waals surface area contributed by atoms with Gasteiger partial charge in [-0.1, -0.05) is 26.7 Å². The van der Waals surface area contributed by atoms with E-state index in [1.165, 1.54) is 7.11 Å². The second kappa shape index (κ2) is 9.36. The predicted molar refractivity (Wildman–Crippen MR) is 103 cm³/mol. The van der Waals surface area contributed by atoms with Gasteiger partial charge in [-0.2, -0.15) is 0 Å². The zero-order chi connectivity index (χ0) is 20.2. The molecule has 2 amide bonds. The Balaban J connectivity index is 2.03. The number of hydrogen-bond acceptors (Lipinski definition) is 7. The van der Waals surface area contributed by atoms with Crippen LogP contribution in [0.3, 0.4) is 0 Å². The van der Waals surface area contributed by atoms with Gasteiger partial charge in [-0.3, -0.25) is 19.1 Å². The Labute approximate surface area is 166 Å². The summed E-state index contributed by atoms with van der Waals surface area (Å²) in [7, 11) is 1.49. The molecule has 1 heterocycles. The second-order valence-corrected chi connectivity index (χ2v) is 8.29. The molecule has 1 saturated heterocycles. The molecule has 4 atom stereocenters. The van der Waals surface area contributed by atoms with Crippen molar-refractivity contribution in [2.75, 3.05) is 20.3 Å². The molecular formula is C18H31N3O5S. The fourth-order valence-corrected chi connectivity index (χ4v) is 3.19. The molecule has 27 heavy (non-hydrogen) atoms. The summed E-state index contributed by atoms with van der Waals surface area (Å²) in [5.74, 6) is -0.484. The summed E-state index contributed by atoms with van der Waals surface area (Å²) in [4.78, 5) is 38.0. The summed E-state index contributed by atoms with van der Waals surface area (Å²) in [6.07, 6.45) is 2.26. The number of Topliss-reactive ketones (excluding diaryl/α,β-unsaturated/α-hetero) is 1. The van der Waals surface area contributed by atoms with Crippen LogP contribution in [0, 0.1) is 11.8 Å². The standard InChI is InChI=1S/C18H31N3O5S/c1-10(2)7-12(15(22)18(3)9-26-18)19-17(24)14(11-5-6-11)20-16(23)13(21-27)8-25-4/h10-14,21,27H,5-9H2,1-4H3,(H,19,24)(H,20,23)/t12?,13-,14-,18+/m0/s1. The van der Waals surface area contributed by atoms with E-state index in [4.69, 9.17) is 9.47 Å². The van der Waals surface area contributed by atoms with Crippen molar-refractivity contribution in [2.45, 2.75) is 63.8 Å². The van der Waals surface area contributed by atoms with Crippen molar-refractivity contribution in [2.24, 2.45) is 11.8 Å². The van der Waals surface area contributed by atoms with E-state index < -0.39 is 23.7 Å². The quantitative estimate of drug-likeness (QED) is 0.275. The maximum Gasteiger partial charge on any atom is 0.243 e. The summed E-state index contributed by atoms with van der Waals surface area (Å²) in [6.45, 7) is 6.25. The van der Waals surface area contributed by atoms with Gasteiger partial charge in [0.15, 0.2) is 5.78 Å². The number of hydrogen-bond donors (Lipinski definition) is 4. The Bertz CT molecular complexity index is 563. The highest BCUT2D eigenvalue weighted by atomic mass is 32.1. The number of amides is 2. The first-order chi connectivity index (χ1) is 12.7. The predicted octanol–water partition coefficient (Wildman–Crippen LogP) is 0.220. The molecule has 2 rings (SSSR count). The monoisotopic (exact) mass is 401 g/mol. The lowest BCUT2D eigenvalue weighted by atomic mass is 9.93. The first-order valence-electron chi connectivity index (χ1n) is 9.39. The van der Waals surface area contributed by atoms with Gasteiger partial charge in [-0.25, -0.2) is 0 Å². The van der Waals surface area contributed by atoms with Gasteiger partial charge in [0.25, 0.3) is 0 Å². The summed E-state index contributed by atoms with van der Waals surface area (Å²) in [5, 5.41) is 5.64. The van der Waals surface area contributed by atoms with Crippen molar-refractivity contribution in [1.29, 1.82) is 0 Å². The second-order valence-electron chi connectivity index (χ2n) is 8.04. The molecule has 9 heteroatoms. The van der Waals surface area contributed by atoms with Gasteiger partial charge in [0.05, 0.1) is 19.3 Å². The minimum atomic E-state index is -0.801. The molecule has 1 aliphatic carbocycles. The van der Waals surface area contributed by atoms with Crippen LogP contribution in [0.25, 0.3) is 0 Å². The first-order valence-corrected chi connectivity index (χ1v) is 9.84. The van der Waals surface area contributed by atoms with Crippen LogP contribution >= 0.6 is 12.8 Å². The lowest BCUT2D eigenvalue weighted by molar-refractivity contribution is -0.134. The van der Waals surface area contributed by atoms with E-state index in [0.29, 0.717) is 13.0 Å². The van der Waals surface area contributed by atoms with Gasteiger partial charge in [0, 0.05) is 7.11 Å². The molecule has 1 unspecified atom stereocenters. The average molecular weight is 402 g/mol. The molecule has 0 bridgehead atoms. The van der Waals surface area contributed by atoms with Gasteiger partial charge in [-0.05, 0) is 38.0 Å². The summed E-state index contributed by atoms with van der Waals surface area (Å²) < 4.78 is 12.8. The number of epoxide rings is 1. The number of methoxy groups -OCH3 is 1. The van der Waals surface area contributed by atoms with Gasteiger partial charge < -0.3 is 20.1 Å². The van der Waals surface area contributed by atoms with Crippen LogP contribution < -0.4 is 15.4 Å². The molecule has 0 aromatic heterocycles. The number of carbonyl (C=O) groups excluding carboxylic acids is 3. The van der Waals surface area contributed by atoms with Crippen LogP contribution in [0.1, 0.15) is 40.0 Å². The molecule has 0 aromatic carbocycles. The number of rotatable bonds is 12. The minimum absolute atomic E-state index is 0.0830. The number of ether oxygens (including phenoxy) is 2. The Morgan fingerprint density at radius 1 is 1.19 bits per heavy atom.